The van der Waals surface area contributed by atoms with Crippen LogP contribution in [0.5, 0.6) is 0 Å². The maximum absolute atomic E-state index is 11.9. The van der Waals surface area contributed by atoms with Crippen LogP contribution in [0.25, 0.3) is 0 Å². The van der Waals surface area contributed by atoms with E-state index in [2.05, 4.69) is 4.98 Å². The van der Waals surface area contributed by atoms with Crippen molar-refractivity contribution in [3.8, 4) is 0 Å². The van der Waals surface area contributed by atoms with Crippen molar-refractivity contribution in [3.63, 3.8) is 0 Å². The summed E-state index contributed by atoms with van der Waals surface area (Å²) >= 11 is 3.10. The minimum Gasteiger partial charge on any atom is -0.287 e. The Balaban J connectivity index is 2.41. The number of ketones is 1. The number of nitrogens with zero attached hydrogens (tertiary/aromatic N) is 1. The zero-order chi connectivity index (χ0) is 10.1. The molecule has 2 nitrogen and oxygen atoms in total. The highest BCUT2D eigenvalue weighted by molar-refractivity contribution is 7.12. The lowest BCUT2D eigenvalue weighted by Gasteiger charge is -1.93. The molecule has 0 saturated carbocycles. The monoisotopic (exact) mass is 223 g/mol. The average molecular weight is 223 g/mol. The molecule has 0 aliphatic rings. The highest BCUT2D eigenvalue weighted by atomic mass is 32.1. The van der Waals surface area contributed by atoms with E-state index in [9.17, 15) is 4.79 Å². The van der Waals surface area contributed by atoms with Crippen LogP contribution in [-0.4, -0.2) is 10.8 Å². The van der Waals surface area contributed by atoms with Gasteiger partial charge in [-0.2, -0.15) is 0 Å². The number of carbonyl (C=O) groups is 1. The molecule has 72 valence electrons. The fourth-order valence-electron chi connectivity index (χ4n) is 1.32. The van der Waals surface area contributed by atoms with Gasteiger partial charge in [0.15, 0.2) is 0 Å². The predicted molar refractivity (Wildman–Crippen MR) is 59.3 cm³/mol. The van der Waals surface area contributed by atoms with Crippen LogP contribution in [-0.2, 0) is 0 Å². The van der Waals surface area contributed by atoms with Gasteiger partial charge in [-0.15, -0.1) is 22.7 Å². The molecule has 0 unspecified atom stereocenters. The first-order chi connectivity index (χ1) is 6.68. The van der Waals surface area contributed by atoms with E-state index in [0.717, 1.165) is 10.4 Å². The molecular formula is C10H9NOS2. The van der Waals surface area contributed by atoms with E-state index in [1.54, 1.807) is 22.2 Å². The molecule has 0 spiro atoms. The lowest BCUT2D eigenvalue weighted by Crippen LogP contribution is -2.01. The second kappa shape index (κ2) is 3.63. The Morgan fingerprint density at radius 1 is 1.43 bits per heavy atom. The zero-order valence-electron chi connectivity index (χ0n) is 7.90. The van der Waals surface area contributed by atoms with Gasteiger partial charge in [0.25, 0.3) is 0 Å². The number of carbonyl (C=O) groups excluding carboxylic acids is 1. The Hall–Kier alpha value is -1.00. The Morgan fingerprint density at radius 3 is 2.71 bits per heavy atom. The van der Waals surface area contributed by atoms with E-state index in [-0.39, 0.29) is 5.78 Å². The van der Waals surface area contributed by atoms with Crippen LogP contribution in [0.3, 0.4) is 0 Å². The van der Waals surface area contributed by atoms with Crippen molar-refractivity contribution in [2.24, 2.45) is 0 Å². The summed E-state index contributed by atoms with van der Waals surface area (Å²) in [6.07, 6.45) is 0. The first-order valence-corrected chi connectivity index (χ1v) is 5.94. The van der Waals surface area contributed by atoms with Crippen molar-refractivity contribution in [2.75, 3.05) is 0 Å². The summed E-state index contributed by atoms with van der Waals surface area (Å²) < 4.78 is 0. The van der Waals surface area contributed by atoms with Crippen molar-refractivity contribution in [3.05, 3.63) is 38.0 Å². The molecule has 0 aliphatic heterocycles. The van der Waals surface area contributed by atoms with Crippen molar-refractivity contribution < 1.29 is 4.79 Å². The van der Waals surface area contributed by atoms with Gasteiger partial charge in [-0.05, 0) is 19.9 Å². The number of aromatic nitrogens is 1. The third kappa shape index (κ3) is 1.63. The van der Waals surface area contributed by atoms with Gasteiger partial charge in [-0.1, -0.05) is 0 Å². The lowest BCUT2D eigenvalue weighted by atomic mass is 10.1. The van der Waals surface area contributed by atoms with Crippen molar-refractivity contribution in [1.29, 1.82) is 0 Å². The van der Waals surface area contributed by atoms with Crippen LogP contribution >= 0.6 is 22.7 Å². The number of hydrogen-bond acceptors (Lipinski definition) is 4. The fourth-order valence-corrected chi connectivity index (χ4v) is 2.77. The zero-order valence-corrected chi connectivity index (χ0v) is 9.54. The van der Waals surface area contributed by atoms with Gasteiger partial charge in [0.05, 0.1) is 5.51 Å². The van der Waals surface area contributed by atoms with Crippen molar-refractivity contribution in [2.45, 2.75) is 13.8 Å². The summed E-state index contributed by atoms with van der Waals surface area (Å²) in [4.78, 5) is 18.1. The SMILES string of the molecule is Cc1cc(C(=O)c2cscn2)c(C)s1. The molecule has 0 aliphatic carbocycles. The molecule has 0 bridgehead atoms. The quantitative estimate of drug-likeness (QED) is 0.732. The summed E-state index contributed by atoms with van der Waals surface area (Å²) in [5, 5.41) is 1.79. The first kappa shape index (κ1) is 9.55. The summed E-state index contributed by atoms with van der Waals surface area (Å²) in [5.74, 6) is 0.0353. The minimum atomic E-state index is 0.0353. The fraction of sp³-hybridized carbons (Fsp3) is 0.200. The van der Waals surface area contributed by atoms with Crippen LogP contribution in [0, 0.1) is 13.8 Å². The standard InChI is InChI=1S/C10H9NOS2/c1-6-3-8(7(2)14-6)10(12)9-4-13-5-11-9/h3-5H,1-2H3. The second-order valence-electron chi connectivity index (χ2n) is 3.03. The van der Waals surface area contributed by atoms with E-state index in [4.69, 9.17) is 0 Å². The molecule has 0 amide bonds. The Labute approximate surface area is 90.2 Å². The van der Waals surface area contributed by atoms with E-state index < -0.39 is 0 Å². The highest BCUT2D eigenvalue weighted by Crippen LogP contribution is 2.23. The molecule has 14 heavy (non-hydrogen) atoms. The van der Waals surface area contributed by atoms with E-state index in [1.807, 2.05) is 19.9 Å². The number of thiazole rings is 1. The smallest absolute Gasteiger partial charge is 0.213 e. The Kier molecular flexibility index (Phi) is 2.48. The third-order valence-corrected chi connectivity index (χ3v) is 3.50. The van der Waals surface area contributed by atoms with E-state index >= 15 is 0 Å². The Bertz CT molecular complexity index is 456. The molecule has 0 atom stereocenters. The third-order valence-electron chi connectivity index (χ3n) is 1.95. The van der Waals surface area contributed by atoms with Gasteiger partial charge in [0.1, 0.15) is 5.69 Å². The topological polar surface area (TPSA) is 30.0 Å². The molecular weight excluding hydrogens is 214 g/mol. The molecule has 2 rings (SSSR count). The van der Waals surface area contributed by atoms with Crippen LogP contribution < -0.4 is 0 Å². The highest BCUT2D eigenvalue weighted by Gasteiger charge is 2.15. The molecule has 0 aromatic carbocycles. The Morgan fingerprint density at radius 2 is 2.21 bits per heavy atom. The van der Waals surface area contributed by atoms with Gasteiger partial charge < -0.3 is 0 Å². The maximum atomic E-state index is 11.9. The van der Waals surface area contributed by atoms with Crippen LogP contribution in [0.1, 0.15) is 25.8 Å². The van der Waals surface area contributed by atoms with Gasteiger partial charge in [-0.25, -0.2) is 4.98 Å². The van der Waals surface area contributed by atoms with Crippen LogP contribution in [0.4, 0.5) is 0 Å². The largest absolute Gasteiger partial charge is 0.287 e. The number of aryl methyl sites for hydroxylation is 2. The van der Waals surface area contributed by atoms with E-state index in [1.165, 1.54) is 16.2 Å². The van der Waals surface area contributed by atoms with E-state index in [0.29, 0.717) is 5.69 Å². The number of thiophene rings is 1. The lowest BCUT2D eigenvalue weighted by molar-refractivity contribution is 0.103. The maximum Gasteiger partial charge on any atom is 0.213 e. The molecule has 2 heterocycles. The summed E-state index contributed by atoms with van der Waals surface area (Å²) in [6.45, 7) is 3.98. The molecule has 0 N–H and O–H groups in total. The van der Waals surface area contributed by atoms with Crippen LogP contribution in [0.2, 0.25) is 0 Å². The van der Waals surface area contributed by atoms with Gasteiger partial charge in [-0.3, -0.25) is 4.79 Å². The minimum absolute atomic E-state index is 0.0353. The summed E-state index contributed by atoms with van der Waals surface area (Å²) in [7, 11) is 0. The summed E-state index contributed by atoms with van der Waals surface area (Å²) in [5.41, 5.74) is 3.02. The predicted octanol–water partition coefficient (Wildman–Crippen LogP) is 3.05. The second-order valence-corrected chi connectivity index (χ2v) is 5.21. The molecule has 4 heteroatoms. The molecule has 0 saturated heterocycles. The van der Waals surface area contributed by atoms with Gasteiger partial charge in [0.2, 0.25) is 5.78 Å². The number of hydrogen-bond donors (Lipinski definition) is 0. The molecule has 2 aromatic rings. The number of rotatable bonds is 2. The first-order valence-electron chi connectivity index (χ1n) is 4.18. The summed E-state index contributed by atoms with van der Waals surface area (Å²) in [6, 6.07) is 1.93. The molecule has 2 aromatic heterocycles. The van der Waals surface area contributed by atoms with Gasteiger partial charge >= 0.3 is 0 Å². The average Bonchev–Trinajstić information content (AvgIpc) is 2.73. The normalized spacial score (nSPS) is 10.4. The van der Waals surface area contributed by atoms with Crippen LogP contribution in [0.15, 0.2) is 17.0 Å². The molecule has 0 fully saturated rings. The molecule has 0 radical (unpaired) electrons. The van der Waals surface area contributed by atoms with Crippen molar-refractivity contribution >= 4 is 28.5 Å². The van der Waals surface area contributed by atoms with Gasteiger partial charge in [0, 0.05) is 20.7 Å². The van der Waals surface area contributed by atoms with Crippen molar-refractivity contribution in [1.82, 2.24) is 4.98 Å².